The lowest BCUT2D eigenvalue weighted by atomic mass is 9.80. The van der Waals surface area contributed by atoms with E-state index in [1.54, 1.807) is 24.3 Å². The van der Waals surface area contributed by atoms with Crippen molar-refractivity contribution >= 4 is 51.4 Å². The average molecular weight is 493 g/mol. The minimum atomic E-state index is -0.151. The Morgan fingerprint density at radius 3 is 2.59 bits per heavy atom. The maximum absolute atomic E-state index is 13.5. The molecule has 2 aromatic carbocycles. The summed E-state index contributed by atoms with van der Waals surface area (Å²) in [4.78, 5) is 20.4. The molecule has 8 heteroatoms. The molecule has 0 amide bonds. The van der Waals surface area contributed by atoms with E-state index in [1.807, 2.05) is 26.2 Å². The van der Waals surface area contributed by atoms with E-state index in [-0.39, 0.29) is 11.3 Å². The molecule has 0 saturated heterocycles. The highest BCUT2D eigenvalue weighted by Gasteiger charge is 2.31. The smallest absolute Gasteiger partial charge is 0.199 e. The maximum Gasteiger partial charge on any atom is 0.199 e. The first-order chi connectivity index (χ1) is 15.3. The van der Waals surface area contributed by atoms with Crippen LogP contribution in [0.25, 0.3) is 10.9 Å². The minimum absolute atomic E-state index is 0.00687. The predicted molar refractivity (Wildman–Crippen MR) is 133 cm³/mol. The summed E-state index contributed by atoms with van der Waals surface area (Å²) in [5.41, 5.74) is 3.01. The van der Waals surface area contributed by atoms with E-state index in [1.165, 1.54) is 0 Å². The van der Waals surface area contributed by atoms with Gasteiger partial charge in [-0.05, 0) is 81.7 Å². The molecule has 0 spiro atoms. The molecule has 0 bridgehead atoms. The number of benzene rings is 2. The molecule has 0 radical (unpaired) electrons. The Balaban J connectivity index is 1.85. The van der Waals surface area contributed by atoms with E-state index < -0.39 is 0 Å². The van der Waals surface area contributed by atoms with Gasteiger partial charge in [-0.25, -0.2) is 0 Å². The third-order valence-corrected chi connectivity index (χ3v) is 6.83. The topological polar surface area (TPSA) is 57.8 Å². The average Bonchev–Trinajstić information content (AvgIpc) is 2.76. The van der Waals surface area contributed by atoms with Gasteiger partial charge in [0.05, 0.1) is 32.2 Å². The van der Waals surface area contributed by atoms with Crippen LogP contribution in [0.5, 0.6) is 0 Å². The summed E-state index contributed by atoms with van der Waals surface area (Å²) >= 11 is 18.5. The van der Waals surface area contributed by atoms with Gasteiger partial charge in [0.1, 0.15) is 0 Å². The van der Waals surface area contributed by atoms with Crippen LogP contribution in [0.2, 0.25) is 15.1 Å². The van der Waals surface area contributed by atoms with Crippen LogP contribution in [0.15, 0.2) is 46.2 Å². The van der Waals surface area contributed by atoms with E-state index in [2.05, 4.69) is 4.90 Å². The Morgan fingerprint density at radius 2 is 1.88 bits per heavy atom. The number of aromatic nitrogens is 1. The van der Waals surface area contributed by atoms with Crippen molar-refractivity contribution in [3.63, 3.8) is 0 Å². The number of aliphatic imine (C=N–C) groups is 1. The predicted octanol–water partition coefficient (Wildman–Crippen LogP) is 5.67. The lowest BCUT2D eigenvalue weighted by Gasteiger charge is -2.28. The van der Waals surface area contributed by atoms with Crippen LogP contribution < -0.4 is 5.43 Å². The van der Waals surface area contributed by atoms with Gasteiger partial charge in [0.15, 0.2) is 5.43 Å². The van der Waals surface area contributed by atoms with Crippen molar-refractivity contribution in [2.24, 2.45) is 4.99 Å². The first-order valence-corrected chi connectivity index (χ1v) is 11.6. The van der Waals surface area contributed by atoms with Crippen molar-refractivity contribution in [1.82, 2.24) is 9.63 Å². The molecule has 32 heavy (non-hydrogen) atoms. The van der Waals surface area contributed by atoms with E-state index in [9.17, 15) is 10.0 Å². The number of hydrogen-bond donors (Lipinski definition) is 1. The molecule has 0 aliphatic heterocycles. The first-order valence-electron chi connectivity index (χ1n) is 10.5. The third-order valence-electron chi connectivity index (χ3n) is 5.85. The molecule has 1 aromatic heterocycles. The molecule has 1 aliphatic carbocycles. The number of halogens is 3. The van der Waals surface area contributed by atoms with Gasteiger partial charge >= 0.3 is 0 Å². The summed E-state index contributed by atoms with van der Waals surface area (Å²) in [5, 5.41) is 12.9. The Labute approximate surface area is 201 Å². The zero-order valence-corrected chi connectivity index (χ0v) is 20.2. The summed E-state index contributed by atoms with van der Waals surface area (Å²) in [5.74, 6) is 0.00687. The molecule has 1 heterocycles. The second kappa shape index (κ2) is 9.44. The molecule has 1 aliphatic rings. The van der Waals surface area contributed by atoms with Crippen LogP contribution in [-0.2, 0) is 6.42 Å². The maximum atomic E-state index is 13.5. The SMILES string of the molecule is CN(C)CCC/N=C1/CC(c2ccc(Cl)c(Cl)c2)Cc2c1c(=O)c1cc(Cl)ccc1n2O. The van der Waals surface area contributed by atoms with Crippen LogP contribution in [0.3, 0.4) is 0 Å². The monoisotopic (exact) mass is 491 g/mol. The summed E-state index contributed by atoms with van der Waals surface area (Å²) in [6.45, 7) is 1.50. The number of pyridine rings is 1. The van der Waals surface area contributed by atoms with E-state index in [4.69, 9.17) is 39.8 Å². The standard InChI is InChI=1S/C24H24Cl3N3O2/c1-29(2)9-3-8-28-20-11-15(14-4-6-18(26)19(27)10-14)12-22-23(20)24(31)17-13-16(25)5-7-21(17)30(22)32/h4-7,10,13,15,32H,3,8-9,11-12H2,1-2H3/b28-20-. The molecule has 0 fully saturated rings. The van der Waals surface area contributed by atoms with Crippen LogP contribution in [0.1, 0.15) is 35.6 Å². The highest BCUT2D eigenvalue weighted by molar-refractivity contribution is 6.42. The molecule has 3 aromatic rings. The highest BCUT2D eigenvalue weighted by atomic mass is 35.5. The molecular formula is C24H24Cl3N3O2. The molecular weight excluding hydrogens is 469 g/mol. The van der Waals surface area contributed by atoms with Gasteiger partial charge in [-0.15, -0.1) is 0 Å². The van der Waals surface area contributed by atoms with E-state index >= 15 is 0 Å². The Morgan fingerprint density at radius 1 is 1.09 bits per heavy atom. The third kappa shape index (κ3) is 4.53. The Hall–Kier alpha value is -2.05. The van der Waals surface area contributed by atoms with Gasteiger partial charge in [-0.3, -0.25) is 9.79 Å². The van der Waals surface area contributed by atoms with Crippen molar-refractivity contribution in [2.75, 3.05) is 27.2 Å². The van der Waals surface area contributed by atoms with Gasteiger partial charge in [-0.1, -0.05) is 40.9 Å². The van der Waals surface area contributed by atoms with Gasteiger partial charge in [0.25, 0.3) is 0 Å². The van der Waals surface area contributed by atoms with Crippen molar-refractivity contribution in [2.45, 2.75) is 25.2 Å². The Bertz CT molecular complexity index is 1270. The van der Waals surface area contributed by atoms with Gasteiger partial charge in [-0.2, -0.15) is 4.73 Å². The molecule has 4 rings (SSSR count). The van der Waals surface area contributed by atoms with Crippen molar-refractivity contribution in [3.8, 4) is 0 Å². The second-order valence-electron chi connectivity index (χ2n) is 8.39. The number of rotatable bonds is 5. The second-order valence-corrected chi connectivity index (χ2v) is 9.64. The largest absolute Gasteiger partial charge is 0.428 e. The van der Waals surface area contributed by atoms with Crippen LogP contribution in [0.4, 0.5) is 0 Å². The van der Waals surface area contributed by atoms with Crippen LogP contribution in [0, 0.1) is 0 Å². The van der Waals surface area contributed by atoms with Crippen molar-refractivity contribution in [3.05, 3.63) is 78.5 Å². The molecule has 5 nitrogen and oxygen atoms in total. The summed E-state index contributed by atoms with van der Waals surface area (Å²) in [6, 6.07) is 10.5. The van der Waals surface area contributed by atoms with Gasteiger partial charge in [0.2, 0.25) is 0 Å². The van der Waals surface area contributed by atoms with E-state index in [0.29, 0.717) is 62.3 Å². The summed E-state index contributed by atoms with van der Waals surface area (Å²) in [6.07, 6.45) is 1.93. The first kappa shape index (κ1) is 23.1. The molecule has 168 valence electrons. The summed E-state index contributed by atoms with van der Waals surface area (Å²) in [7, 11) is 4.04. The fourth-order valence-corrected chi connectivity index (χ4v) is 4.74. The quantitative estimate of drug-likeness (QED) is 0.369. The van der Waals surface area contributed by atoms with Gasteiger partial charge in [0, 0.05) is 17.3 Å². The minimum Gasteiger partial charge on any atom is -0.428 e. The van der Waals surface area contributed by atoms with Crippen LogP contribution >= 0.6 is 34.8 Å². The van der Waals surface area contributed by atoms with Crippen molar-refractivity contribution in [1.29, 1.82) is 0 Å². The number of fused-ring (bicyclic) bond motifs is 2. The van der Waals surface area contributed by atoms with Crippen LogP contribution in [-0.4, -0.2) is 47.7 Å². The normalized spacial score (nSPS) is 17.3. The highest BCUT2D eigenvalue weighted by Crippen LogP contribution is 2.36. The molecule has 0 saturated carbocycles. The van der Waals surface area contributed by atoms with Gasteiger partial charge < -0.3 is 10.1 Å². The zero-order chi connectivity index (χ0) is 23.0. The summed E-state index contributed by atoms with van der Waals surface area (Å²) < 4.78 is 1.11. The molecule has 1 unspecified atom stereocenters. The lowest BCUT2D eigenvalue weighted by molar-refractivity contribution is 0.186. The Kier molecular flexibility index (Phi) is 6.82. The number of hydrogen-bond acceptors (Lipinski definition) is 4. The fourth-order valence-electron chi connectivity index (χ4n) is 4.27. The zero-order valence-electron chi connectivity index (χ0n) is 17.9. The number of nitrogens with zero attached hydrogens (tertiary/aromatic N) is 3. The van der Waals surface area contributed by atoms with E-state index in [0.717, 1.165) is 23.3 Å². The fraction of sp³-hybridized carbons (Fsp3) is 0.333. The van der Waals surface area contributed by atoms with Crippen molar-refractivity contribution < 1.29 is 5.21 Å². The molecule has 1 atom stereocenters. The molecule has 1 N–H and O–H groups in total. The lowest BCUT2D eigenvalue weighted by Crippen LogP contribution is -2.31.